The zero-order chi connectivity index (χ0) is 14.1. The van der Waals surface area contributed by atoms with Crippen LogP contribution < -0.4 is 10.2 Å². The molecular formula is C12H15N3O4. The fraction of sp³-hybridized carbons (Fsp3) is 0.250. The standard InChI is InChI=1S/C12H15N3O4/c1-3-19-12(16)11(8-13-17)15-14-9-4-6-10(18-2)7-5-9/h4-8,14,17H,3H2,1-2H3/b13-8+,15-11+. The van der Waals surface area contributed by atoms with Crippen LogP contribution in [0.15, 0.2) is 34.5 Å². The van der Waals surface area contributed by atoms with Crippen LogP contribution in [-0.4, -0.2) is 36.8 Å². The molecule has 0 amide bonds. The van der Waals surface area contributed by atoms with Crippen molar-refractivity contribution in [2.45, 2.75) is 6.92 Å². The molecule has 102 valence electrons. The lowest BCUT2D eigenvalue weighted by Crippen LogP contribution is -2.20. The van der Waals surface area contributed by atoms with Crippen LogP contribution in [0.1, 0.15) is 6.92 Å². The molecule has 0 fully saturated rings. The fourth-order valence-electron chi connectivity index (χ4n) is 1.18. The Hall–Kier alpha value is -2.57. The quantitative estimate of drug-likeness (QED) is 0.352. The Balaban J connectivity index is 2.76. The van der Waals surface area contributed by atoms with Gasteiger partial charge in [0.25, 0.3) is 0 Å². The Morgan fingerprint density at radius 1 is 1.42 bits per heavy atom. The summed E-state index contributed by atoms with van der Waals surface area (Å²) in [6.45, 7) is 1.88. The van der Waals surface area contributed by atoms with E-state index in [0.29, 0.717) is 11.4 Å². The molecule has 0 heterocycles. The maximum absolute atomic E-state index is 11.4. The molecule has 0 aliphatic rings. The van der Waals surface area contributed by atoms with Crippen LogP contribution in [0, 0.1) is 0 Å². The van der Waals surface area contributed by atoms with Gasteiger partial charge in [0.05, 0.1) is 19.4 Å². The van der Waals surface area contributed by atoms with Gasteiger partial charge in [0.2, 0.25) is 0 Å². The van der Waals surface area contributed by atoms with Crippen molar-refractivity contribution >= 4 is 23.6 Å². The van der Waals surface area contributed by atoms with Crippen molar-refractivity contribution in [2.75, 3.05) is 19.1 Å². The van der Waals surface area contributed by atoms with Crippen molar-refractivity contribution in [3.63, 3.8) is 0 Å². The summed E-state index contributed by atoms with van der Waals surface area (Å²) >= 11 is 0. The molecule has 1 aromatic rings. The number of rotatable bonds is 6. The van der Waals surface area contributed by atoms with Gasteiger partial charge in [-0.05, 0) is 31.2 Å². The summed E-state index contributed by atoms with van der Waals surface area (Å²) in [5, 5.41) is 15.0. The minimum Gasteiger partial charge on any atom is -0.497 e. The molecule has 0 aromatic heterocycles. The van der Waals surface area contributed by atoms with E-state index in [1.807, 2.05) is 0 Å². The number of carbonyl (C=O) groups is 1. The predicted octanol–water partition coefficient (Wildman–Crippen LogP) is 1.49. The third kappa shape index (κ3) is 4.66. The summed E-state index contributed by atoms with van der Waals surface area (Å²) in [4.78, 5) is 11.4. The molecule has 0 aliphatic carbocycles. The van der Waals surface area contributed by atoms with Gasteiger partial charge in [0.15, 0.2) is 5.71 Å². The molecule has 7 heteroatoms. The molecule has 19 heavy (non-hydrogen) atoms. The Morgan fingerprint density at radius 3 is 2.63 bits per heavy atom. The number of ether oxygens (including phenoxy) is 2. The highest BCUT2D eigenvalue weighted by atomic mass is 16.5. The molecule has 1 aromatic carbocycles. The highest BCUT2D eigenvalue weighted by Crippen LogP contribution is 2.14. The van der Waals surface area contributed by atoms with Crippen LogP contribution in [0.4, 0.5) is 5.69 Å². The Bertz CT molecular complexity index is 468. The predicted molar refractivity (Wildman–Crippen MR) is 71.0 cm³/mol. The number of esters is 1. The van der Waals surface area contributed by atoms with Gasteiger partial charge in [0, 0.05) is 0 Å². The smallest absolute Gasteiger partial charge is 0.360 e. The van der Waals surface area contributed by atoms with Gasteiger partial charge in [-0.2, -0.15) is 5.10 Å². The Kier molecular flexibility index (Phi) is 5.87. The molecule has 1 rings (SSSR count). The fourth-order valence-corrected chi connectivity index (χ4v) is 1.18. The first kappa shape index (κ1) is 14.5. The molecular weight excluding hydrogens is 250 g/mol. The highest BCUT2D eigenvalue weighted by Gasteiger charge is 2.10. The molecule has 0 atom stereocenters. The second-order valence-corrected chi connectivity index (χ2v) is 3.30. The third-order valence-electron chi connectivity index (χ3n) is 2.06. The van der Waals surface area contributed by atoms with E-state index in [9.17, 15) is 4.79 Å². The number of anilines is 1. The molecule has 0 saturated heterocycles. The van der Waals surface area contributed by atoms with E-state index in [2.05, 4.69) is 15.7 Å². The molecule has 0 spiro atoms. The normalized spacial score (nSPS) is 11.4. The minimum atomic E-state index is -0.679. The summed E-state index contributed by atoms with van der Waals surface area (Å²) in [7, 11) is 1.57. The lowest BCUT2D eigenvalue weighted by Gasteiger charge is -2.04. The average Bonchev–Trinajstić information content (AvgIpc) is 2.44. The van der Waals surface area contributed by atoms with E-state index in [4.69, 9.17) is 14.7 Å². The van der Waals surface area contributed by atoms with Crippen LogP contribution in [0.5, 0.6) is 5.75 Å². The Morgan fingerprint density at radius 2 is 2.11 bits per heavy atom. The summed E-state index contributed by atoms with van der Waals surface area (Å²) in [6.07, 6.45) is 0.897. The monoisotopic (exact) mass is 265 g/mol. The lowest BCUT2D eigenvalue weighted by molar-refractivity contribution is -0.134. The number of methoxy groups -OCH3 is 1. The summed E-state index contributed by atoms with van der Waals surface area (Å²) in [5.74, 6) is 0.0263. The molecule has 7 nitrogen and oxygen atoms in total. The van der Waals surface area contributed by atoms with E-state index in [1.165, 1.54) is 0 Å². The zero-order valence-electron chi connectivity index (χ0n) is 10.7. The average molecular weight is 265 g/mol. The number of hydrogen-bond donors (Lipinski definition) is 2. The molecule has 0 aliphatic heterocycles. The van der Waals surface area contributed by atoms with Crippen LogP contribution in [-0.2, 0) is 9.53 Å². The summed E-state index contributed by atoms with van der Waals surface area (Å²) < 4.78 is 9.76. The maximum Gasteiger partial charge on any atom is 0.360 e. The van der Waals surface area contributed by atoms with Gasteiger partial charge in [-0.25, -0.2) is 4.79 Å². The second-order valence-electron chi connectivity index (χ2n) is 3.30. The number of hydrogen-bond acceptors (Lipinski definition) is 7. The van der Waals surface area contributed by atoms with Gasteiger partial charge in [0.1, 0.15) is 12.0 Å². The van der Waals surface area contributed by atoms with Crippen molar-refractivity contribution in [1.29, 1.82) is 0 Å². The number of benzene rings is 1. The van der Waals surface area contributed by atoms with Crippen LogP contribution in [0.25, 0.3) is 0 Å². The first-order valence-electron chi connectivity index (χ1n) is 5.53. The second kappa shape index (κ2) is 7.70. The number of oxime groups is 1. The lowest BCUT2D eigenvalue weighted by atomic mass is 10.3. The number of carbonyl (C=O) groups excluding carboxylic acids is 1. The van der Waals surface area contributed by atoms with Crippen molar-refractivity contribution < 1.29 is 19.5 Å². The minimum absolute atomic E-state index is 0.139. The first-order chi connectivity index (χ1) is 9.21. The number of nitrogens with zero attached hydrogens (tertiary/aromatic N) is 2. The number of nitrogens with one attached hydrogen (secondary N) is 1. The molecule has 0 saturated carbocycles. The van der Waals surface area contributed by atoms with Crippen molar-refractivity contribution in [1.82, 2.24) is 0 Å². The van der Waals surface area contributed by atoms with Gasteiger partial charge in [-0.3, -0.25) is 5.43 Å². The van der Waals surface area contributed by atoms with Crippen molar-refractivity contribution in [3.8, 4) is 5.75 Å². The summed E-state index contributed by atoms with van der Waals surface area (Å²) in [5.41, 5.74) is 3.16. The third-order valence-corrected chi connectivity index (χ3v) is 2.06. The molecule has 0 unspecified atom stereocenters. The maximum atomic E-state index is 11.4. The van der Waals surface area contributed by atoms with Crippen LogP contribution in [0.2, 0.25) is 0 Å². The topological polar surface area (TPSA) is 92.5 Å². The van der Waals surface area contributed by atoms with E-state index >= 15 is 0 Å². The summed E-state index contributed by atoms with van der Waals surface area (Å²) in [6, 6.07) is 6.92. The molecule has 0 radical (unpaired) electrons. The largest absolute Gasteiger partial charge is 0.497 e. The van der Waals surface area contributed by atoms with Gasteiger partial charge >= 0.3 is 5.97 Å². The SMILES string of the molecule is CCOC(=O)C(/C=N/O)=N/Nc1ccc(OC)cc1. The first-order valence-corrected chi connectivity index (χ1v) is 5.53. The van der Waals surface area contributed by atoms with Crippen molar-refractivity contribution in [2.24, 2.45) is 10.3 Å². The van der Waals surface area contributed by atoms with E-state index in [-0.39, 0.29) is 12.3 Å². The molecule has 0 bridgehead atoms. The van der Waals surface area contributed by atoms with Crippen LogP contribution >= 0.6 is 0 Å². The van der Waals surface area contributed by atoms with Gasteiger partial charge in [-0.15, -0.1) is 0 Å². The molecule has 2 N–H and O–H groups in total. The van der Waals surface area contributed by atoms with Crippen LogP contribution in [0.3, 0.4) is 0 Å². The highest BCUT2D eigenvalue weighted by molar-refractivity contribution is 6.59. The van der Waals surface area contributed by atoms with Gasteiger partial charge < -0.3 is 14.7 Å². The number of hydrazone groups is 1. The van der Waals surface area contributed by atoms with Crippen molar-refractivity contribution in [3.05, 3.63) is 24.3 Å². The van der Waals surface area contributed by atoms with E-state index in [1.54, 1.807) is 38.3 Å². The van der Waals surface area contributed by atoms with E-state index < -0.39 is 5.97 Å². The Labute approximate surface area is 110 Å². The zero-order valence-corrected chi connectivity index (χ0v) is 10.7. The van der Waals surface area contributed by atoms with E-state index in [0.717, 1.165) is 6.21 Å². The van der Waals surface area contributed by atoms with Gasteiger partial charge in [-0.1, -0.05) is 5.16 Å².